The highest BCUT2D eigenvalue weighted by Crippen LogP contribution is 2.43. The topological polar surface area (TPSA) is 94.6 Å². The number of benzene rings is 3. The zero-order valence-corrected chi connectivity index (χ0v) is 17.6. The van der Waals surface area contributed by atoms with Crippen LogP contribution < -0.4 is 19.9 Å². The van der Waals surface area contributed by atoms with Gasteiger partial charge >= 0.3 is 5.97 Å². The van der Waals surface area contributed by atoms with Crippen molar-refractivity contribution in [2.75, 3.05) is 7.11 Å². The predicted octanol–water partition coefficient (Wildman–Crippen LogP) is 4.67. The van der Waals surface area contributed by atoms with Gasteiger partial charge in [-0.1, -0.05) is 30.3 Å². The third-order valence-electron chi connectivity index (χ3n) is 5.12. The third-order valence-corrected chi connectivity index (χ3v) is 5.12. The Morgan fingerprint density at radius 3 is 2.58 bits per heavy atom. The van der Waals surface area contributed by atoms with Crippen molar-refractivity contribution in [3.05, 3.63) is 107 Å². The van der Waals surface area contributed by atoms with Gasteiger partial charge in [0, 0.05) is 17.7 Å². The molecule has 0 aliphatic carbocycles. The molecule has 1 aliphatic heterocycles. The number of nitriles is 1. The van der Waals surface area contributed by atoms with Crippen molar-refractivity contribution in [2.24, 2.45) is 5.73 Å². The Kier molecular flexibility index (Phi) is 6.09. The monoisotopic (exact) mass is 442 g/mol. The SMILES string of the molecule is COc1ccc(/C=C/C(=O)Oc2ccc3c(c2)OC(N)=C(C#N)C3c2cccc(F)c2)cc1. The number of ether oxygens (including phenoxy) is 3. The molecule has 0 radical (unpaired) electrons. The maximum Gasteiger partial charge on any atom is 0.336 e. The van der Waals surface area contributed by atoms with Crippen molar-refractivity contribution in [1.29, 1.82) is 5.26 Å². The number of allylic oxidation sites excluding steroid dienone is 1. The second-order valence-corrected chi connectivity index (χ2v) is 7.21. The van der Waals surface area contributed by atoms with Gasteiger partial charge in [0.15, 0.2) is 0 Å². The Hall–Kier alpha value is -4.57. The number of methoxy groups -OCH3 is 1. The van der Waals surface area contributed by atoms with Crippen LogP contribution in [0.2, 0.25) is 0 Å². The minimum atomic E-state index is -0.603. The lowest BCUT2D eigenvalue weighted by Gasteiger charge is -2.26. The molecule has 0 bridgehead atoms. The second-order valence-electron chi connectivity index (χ2n) is 7.21. The Labute approximate surface area is 189 Å². The summed E-state index contributed by atoms with van der Waals surface area (Å²) >= 11 is 0. The van der Waals surface area contributed by atoms with E-state index in [0.717, 1.165) is 5.56 Å². The van der Waals surface area contributed by atoms with Gasteiger partial charge in [-0.15, -0.1) is 0 Å². The van der Waals surface area contributed by atoms with Crippen molar-refractivity contribution < 1.29 is 23.4 Å². The van der Waals surface area contributed by atoms with E-state index in [0.29, 0.717) is 22.6 Å². The molecular weight excluding hydrogens is 423 g/mol. The Balaban J connectivity index is 1.57. The van der Waals surface area contributed by atoms with Crippen LogP contribution in [0.5, 0.6) is 17.2 Å². The van der Waals surface area contributed by atoms with Crippen molar-refractivity contribution in [1.82, 2.24) is 0 Å². The van der Waals surface area contributed by atoms with E-state index in [-0.39, 0.29) is 17.2 Å². The minimum absolute atomic E-state index is 0.0814. The number of fused-ring (bicyclic) bond motifs is 1. The highest BCUT2D eigenvalue weighted by molar-refractivity contribution is 5.88. The number of rotatable bonds is 5. The van der Waals surface area contributed by atoms with E-state index >= 15 is 0 Å². The fourth-order valence-electron chi connectivity index (χ4n) is 3.56. The highest BCUT2D eigenvalue weighted by Gasteiger charge is 2.31. The van der Waals surface area contributed by atoms with Gasteiger partial charge in [0.2, 0.25) is 5.88 Å². The molecule has 0 saturated carbocycles. The summed E-state index contributed by atoms with van der Waals surface area (Å²) in [5.74, 6) is -0.408. The van der Waals surface area contributed by atoms with Crippen molar-refractivity contribution in [2.45, 2.75) is 5.92 Å². The van der Waals surface area contributed by atoms with Crippen LogP contribution >= 0.6 is 0 Å². The fourth-order valence-corrected chi connectivity index (χ4v) is 3.56. The van der Waals surface area contributed by atoms with E-state index in [1.165, 1.54) is 24.3 Å². The molecule has 7 heteroatoms. The molecule has 1 heterocycles. The third kappa shape index (κ3) is 4.70. The first kappa shape index (κ1) is 21.7. The molecule has 33 heavy (non-hydrogen) atoms. The maximum absolute atomic E-state index is 13.8. The molecule has 0 amide bonds. The summed E-state index contributed by atoms with van der Waals surface area (Å²) in [4.78, 5) is 12.3. The largest absolute Gasteiger partial charge is 0.497 e. The van der Waals surface area contributed by atoms with Gasteiger partial charge in [0.05, 0.1) is 13.0 Å². The number of hydrogen-bond donors (Lipinski definition) is 1. The lowest BCUT2D eigenvalue weighted by molar-refractivity contribution is -0.128. The van der Waals surface area contributed by atoms with Crippen molar-refractivity contribution in [3.8, 4) is 23.3 Å². The summed E-state index contributed by atoms with van der Waals surface area (Å²) in [5.41, 5.74) is 8.13. The quantitative estimate of drug-likeness (QED) is 0.351. The Morgan fingerprint density at radius 1 is 1.12 bits per heavy atom. The molecule has 0 saturated heterocycles. The number of hydrogen-bond acceptors (Lipinski definition) is 6. The van der Waals surface area contributed by atoms with E-state index in [9.17, 15) is 14.4 Å². The average molecular weight is 442 g/mol. The van der Waals surface area contributed by atoms with Crippen molar-refractivity contribution >= 4 is 12.0 Å². The molecular formula is C26H19FN2O4. The van der Waals surface area contributed by atoms with Crippen LogP contribution in [0.1, 0.15) is 22.6 Å². The normalized spacial score (nSPS) is 14.9. The fraction of sp³-hybridized carbons (Fsp3) is 0.0769. The molecule has 4 rings (SSSR count). The summed E-state index contributed by atoms with van der Waals surface area (Å²) in [6, 6.07) is 20.0. The first-order valence-corrected chi connectivity index (χ1v) is 9.99. The predicted molar refractivity (Wildman–Crippen MR) is 120 cm³/mol. The number of carbonyl (C=O) groups is 1. The lowest BCUT2D eigenvalue weighted by atomic mass is 9.83. The molecule has 3 aromatic rings. The van der Waals surface area contributed by atoms with E-state index in [4.69, 9.17) is 19.9 Å². The lowest BCUT2D eigenvalue weighted by Crippen LogP contribution is -2.21. The van der Waals surface area contributed by atoms with E-state index in [1.807, 2.05) is 12.1 Å². The number of nitrogens with zero attached hydrogens (tertiary/aromatic N) is 1. The molecule has 0 aromatic heterocycles. The van der Waals surface area contributed by atoms with Gasteiger partial charge in [0.25, 0.3) is 0 Å². The summed E-state index contributed by atoms with van der Waals surface area (Å²) in [5, 5.41) is 9.60. The summed E-state index contributed by atoms with van der Waals surface area (Å²) in [7, 11) is 1.58. The Morgan fingerprint density at radius 2 is 1.88 bits per heavy atom. The smallest absolute Gasteiger partial charge is 0.336 e. The average Bonchev–Trinajstić information content (AvgIpc) is 2.82. The molecule has 1 unspecified atom stereocenters. The van der Waals surface area contributed by atoms with Gasteiger partial charge in [-0.2, -0.15) is 5.26 Å². The Bertz CT molecular complexity index is 1310. The molecule has 0 fully saturated rings. The highest BCUT2D eigenvalue weighted by atomic mass is 19.1. The minimum Gasteiger partial charge on any atom is -0.497 e. The molecule has 1 aliphatic rings. The number of nitrogens with two attached hydrogens (primary N) is 1. The van der Waals surface area contributed by atoms with Crippen molar-refractivity contribution in [3.63, 3.8) is 0 Å². The van der Waals surface area contributed by atoms with Crippen LogP contribution in [0.15, 0.2) is 84.3 Å². The van der Waals surface area contributed by atoms with Crippen LogP contribution in [0.3, 0.4) is 0 Å². The van der Waals surface area contributed by atoms with Crippen LogP contribution in [-0.4, -0.2) is 13.1 Å². The van der Waals surface area contributed by atoms with Gasteiger partial charge in [-0.3, -0.25) is 0 Å². The molecule has 164 valence electrons. The molecule has 1 atom stereocenters. The zero-order chi connectivity index (χ0) is 23.4. The van der Waals surface area contributed by atoms with Gasteiger partial charge in [-0.25, -0.2) is 9.18 Å². The van der Waals surface area contributed by atoms with Gasteiger partial charge < -0.3 is 19.9 Å². The zero-order valence-electron chi connectivity index (χ0n) is 17.6. The van der Waals surface area contributed by atoms with Gasteiger partial charge in [0.1, 0.15) is 34.7 Å². The number of halogens is 1. The number of carbonyl (C=O) groups excluding carboxylic acids is 1. The van der Waals surface area contributed by atoms with E-state index in [1.54, 1.807) is 49.6 Å². The van der Waals surface area contributed by atoms with E-state index in [2.05, 4.69) is 6.07 Å². The molecule has 2 N–H and O–H groups in total. The first-order valence-electron chi connectivity index (χ1n) is 9.99. The summed E-state index contributed by atoms with van der Waals surface area (Å²) in [6.07, 6.45) is 2.93. The van der Waals surface area contributed by atoms with Crippen LogP contribution in [0, 0.1) is 17.1 Å². The standard InChI is InChI=1S/C26H19FN2O4/c1-31-19-8-5-16(6-9-19)7-12-24(30)32-20-10-11-21-23(14-20)33-26(29)22(15-28)25(21)17-3-2-4-18(27)13-17/h2-14,25H,29H2,1H3/b12-7+. The van der Waals surface area contributed by atoms with Crippen LogP contribution in [-0.2, 0) is 4.79 Å². The van der Waals surface area contributed by atoms with E-state index < -0.39 is 17.7 Å². The molecule has 6 nitrogen and oxygen atoms in total. The number of esters is 1. The molecule has 3 aromatic carbocycles. The molecule has 0 spiro atoms. The second kappa shape index (κ2) is 9.28. The van der Waals surface area contributed by atoms with Crippen LogP contribution in [0.25, 0.3) is 6.08 Å². The summed E-state index contributed by atoms with van der Waals surface area (Å²) < 4.78 is 29.9. The van der Waals surface area contributed by atoms with Gasteiger partial charge in [-0.05, 0) is 47.5 Å². The van der Waals surface area contributed by atoms with Crippen LogP contribution in [0.4, 0.5) is 4.39 Å². The summed E-state index contributed by atoms with van der Waals surface area (Å²) in [6.45, 7) is 0. The first-order chi connectivity index (χ1) is 16.0. The maximum atomic E-state index is 13.8.